The number of hydrogen-bond acceptors (Lipinski definition) is 4. The third-order valence-electron chi connectivity index (χ3n) is 3.91. The van der Waals surface area contributed by atoms with Gasteiger partial charge in [-0.1, -0.05) is 18.2 Å². The lowest BCUT2D eigenvalue weighted by Gasteiger charge is -2.18. The van der Waals surface area contributed by atoms with Crippen molar-refractivity contribution in [1.29, 1.82) is 0 Å². The van der Waals surface area contributed by atoms with Crippen LogP contribution in [-0.4, -0.2) is 29.6 Å². The van der Waals surface area contributed by atoms with E-state index in [1.165, 1.54) is 5.56 Å². The van der Waals surface area contributed by atoms with Gasteiger partial charge >= 0.3 is 6.03 Å². The van der Waals surface area contributed by atoms with E-state index < -0.39 is 0 Å². The molecular formula is C20H21N5O. The molecule has 0 atom stereocenters. The first-order valence-electron chi connectivity index (χ1n) is 8.40. The number of aromatic nitrogens is 2. The molecule has 1 aromatic carbocycles. The highest BCUT2D eigenvalue weighted by Gasteiger charge is 2.06. The number of pyridine rings is 2. The monoisotopic (exact) mass is 347 g/mol. The Morgan fingerprint density at radius 3 is 2.38 bits per heavy atom. The molecule has 2 amide bonds. The highest BCUT2D eigenvalue weighted by Crippen LogP contribution is 2.14. The van der Waals surface area contributed by atoms with Gasteiger partial charge in [-0.2, -0.15) is 0 Å². The van der Waals surface area contributed by atoms with Gasteiger partial charge in [0.05, 0.1) is 11.9 Å². The highest BCUT2D eigenvalue weighted by molar-refractivity contribution is 5.99. The van der Waals surface area contributed by atoms with E-state index in [9.17, 15) is 4.79 Å². The number of hydrogen-bond donors (Lipinski definition) is 2. The molecule has 3 rings (SSSR count). The summed E-state index contributed by atoms with van der Waals surface area (Å²) in [5.74, 6) is 0.855. The third-order valence-corrected chi connectivity index (χ3v) is 3.91. The minimum Gasteiger partial charge on any atom is -0.359 e. The number of likely N-dealkylation sites (N-methyl/N-ethyl adjacent to an activating group) is 1. The normalized spacial score (nSPS) is 10.2. The van der Waals surface area contributed by atoms with Crippen LogP contribution in [0.25, 0.3) is 0 Å². The number of rotatable bonds is 6. The predicted molar refractivity (Wildman–Crippen MR) is 105 cm³/mol. The summed E-state index contributed by atoms with van der Waals surface area (Å²) in [7, 11) is 2.00. The molecule has 2 aromatic heterocycles. The number of nitrogens with one attached hydrogen (secondary N) is 2. The molecule has 3 aromatic rings. The van der Waals surface area contributed by atoms with Gasteiger partial charge in [0.1, 0.15) is 5.82 Å². The molecule has 0 aliphatic rings. The van der Waals surface area contributed by atoms with Crippen LogP contribution in [0.3, 0.4) is 0 Å². The van der Waals surface area contributed by atoms with E-state index in [1.54, 1.807) is 18.6 Å². The SMILES string of the molecule is CN(CCc1ccncc1)c1ccc(NC(=O)Nc2ccccc2)cn1. The quantitative estimate of drug-likeness (QED) is 0.711. The summed E-state index contributed by atoms with van der Waals surface area (Å²) >= 11 is 0. The van der Waals surface area contributed by atoms with Crippen molar-refractivity contribution in [3.63, 3.8) is 0 Å². The number of nitrogens with zero attached hydrogens (tertiary/aromatic N) is 3. The Bertz CT molecular complexity index is 822. The lowest BCUT2D eigenvalue weighted by molar-refractivity contribution is 0.262. The van der Waals surface area contributed by atoms with Gasteiger partial charge in [0, 0.05) is 31.7 Å². The molecule has 0 bridgehead atoms. The standard InChI is InChI=1S/C20H21N5O/c1-25(14-11-16-9-12-21-13-10-16)19-8-7-18(15-22-19)24-20(26)23-17-5-3-2-4-6-17/h2-10,12-13,15H,11,14H2,1H3,(H2,23,24,26). The van der Waals surface area contributed by atoms with E-state index in [0.717, 1.165) is 24.5 Å². The first kappa shape index (κ1) is 17.4. The summed E-state index contributed by atoms with van der Waals surface area (Å²) in [6.45, 7) is 0.846. The second-order valence-corrected chi connectivity index (χ2v) is 5.88. The van der Waals surface area contributed by atoms with Crippen LogP contribution in [0.15, 0.2) is 73.2 Å². The maximum Gasteiger partial charge on any atom is 0.323 e. The summed E-state index contributed by atoms with van der Waals surface area (Å²) in [5.41, 5.74) is 2.62. The second-order valence-electron chi connectivity index (χ2n) is 5.88. The van der Waals surface area contributed by atoms with Crippen molar-refractivity contribution < 1.29 is 4.79 Å². The molecule has 0 radical (unpaired) electrons. The van der Waals surface area contributed by atoms with Gasteiger partial charge in [0.15, 0.2) is 0 Å². The molecule has 0 unspecified atom stereocenters. The molecular weight excluding hydrogens is 326 g/mol. The predicted octanol–water partition coefficient (Wildman–Crippen LogP) is 3.80. The minimum atomic E-state index is -0.295. The number of urea groups is 1. The van der Waals surface area contributed by atoms with Gasteiger partial charge in [-0.15, -0.1) is 0 Å². The van der Waals surface area contributed by atoms with E-state index in [0.29, 0.717) is 5.69 Å². The smallest absolute Gasteiger partial charge is 0.323 e. The molecule has 0 aliphatic carbocycles. The fraction of sp³-hybridized carbons (Fsp3) is 0.150. The van der Waals surface area contributed by atoms with Crippen molar-refractivity contribution >= 4 is 23.2 Å². The molecule has 0 fully saturated rings. The van der Waals surface area contributed by atoms with E-state index in [4.69, 9.17) is 0 Å². The topological polar surface area (TPSA) is 70.2 Å². The average Bonchev–Trinajstić information content (AvgIpc) is 2.68. The molecule has 2 N–H and O–H groups in total. The molecule has 26 heavy (non-hydrogen) atoms. The van der Waals surface area contributed by atoms with Crippen LogP contribution in [0.2, 0.25) is 0 Å². The van der Waals surface area contributed by atoms with E-state index in [2.05, 4.69) is 25.5 Å². The zero-order valence-electron chi connectivity index (χ0n) is 14.6. The molecule has 0 saturated carbocycles. The summed E-state index contributed by atoms with van der Waals surface area (Å²) in [5, 5.41) is 5.55. The minimum absolute atomic E-state index is 0.295. The first-order valence-corrected chi connectivity index (χ1v) is 8.40. The zero-order valence-corrected chi connectivity index (χ0v) is 14.6. The summed E-state index contributed by atoms with van der Waals surface area (Å²) in [6.07, 6.45) is 6.17. The maximum atomic E-state index is 12.0. The van der Waals surface area contributed by atoms with Gasteiger partial charge in [-0.3, -0.25) is 4.98 Å². The first-order chi connectivity index (χ1) is 12.7. The average molecular weight is 347 g/mol. The van der Waals surface area contributed by atoms with Crippen LogP contribution in [-0.2, 0) is 6.42 Å². The lowest BCUT2D eigenvalue weighted by Crippen LogP contribution is -2.22. The number of para-hydroxylation sites is 1. The molecule has 0 aliphatic heterocycles. The number of carbonyl (C=O) groups excluding carboxylic acids is 1. The Labute approximate surface area is 152 Å². The van der Waals surface area contributed by atoms with Gasteiger partial charge in [-0.25, -0.2) is 9.78 Å². The van der Waals surface area contributed by atoms with Crippen LogP contribution in [0.1, 0.15) is 5.56 Å². The van der Waals surface area contributed by atoms with Gasteiger partial charge in [0.2, 0.25) is 0 Å². The van der Waals surface area contributed by atoms with Crippen LogP contribution >= 0.6 is 0 Å². The number of amides is 2. The highest BCUT2D eigenvalue weighted by atomic mass is 16.2. The molecule has 2 heterocycles. The van der Waals surface area contributed by atoms with Crippen molar-refractivity contribution in [2.24, 2.45) is 0 Å². The van der Waals surface area contributed by atoms with E-state index >= 15 is 0 Å². The van der Waals surface area contributed by atoms with Gasteiger partial charge in [-0.05, 0) is 48.4 Å². The fourth-order valence-corrected chi connectivity index (χ4v) is 2.46. The summed E-state index contributed by atoms with van der Waals surface area (Å²) in [6, 6.07) is 16.8. The molecule has 132 valence electrons. The Kier molecular flexibility index (Phi) is 5.77. The summed E-state index contributed by atoms with van der Waals surface area (Å²) in [4.78, 5) is 22.5. The zero-order chi connectivity index (χ0) is 18.2. The van der Waals surface area contributed by atoms with E-state index in [1.807, 2.05) is 61.6 Å². The second kappa shape index (κ2) is 8.62. The van der Waals surface area contributed by atoms with Crippen molar-refractivity contribution in [2.45, 2.75) is 6.42 Å². The summed E-state index contributed by atoms with van der Waals surface area (Å²) < 4.78 is 0. The third kappa shape index (κ3) is 5.04. The Morgan fingerprint density at radius 2 is 1.69 bits per heavy atom. The molecule has 0 saturated heterocycles. The molecule has 6 heteroatoms. The van der Waals surface area contributed by atoms with Crippen LogP contribution in [0, 0.1) is 0 Å². The van der Waals surface area contributed by atoms with Crippen LogP contribution in [0.5, 0.6) is 0 Å². The van der Waals surface area contributed by atoms with Crippen molar-refractivity contribution in [3.05, 3.63) is 78.8 Å². The van der Waals surface area contributed by atoms with Gasteiger partial charge in [0.25, 0.3) is 0 Å². The van der Waals surface area contributed by atoms with Crippen molar-refractivity contribution in [2.75, 3.05) is 29.1 Å². The van der Waals surface area contributed by atoms with Crippen molar-refractivity contribution in [1.82, 2.24) is 9.97 Å². The van der Waals surface area contributed by atoms with E-state index in [-0.39, 0.29) is 6.03 Å². The largest absolute Gasteiger partial charge is 0.359 e. The van der Waals surface area contributed by atoms with Gasteiger partial charge < -0.3 is 15.5 Å². The number of benzene rings is 1. The molecule has 6 nitrogen and oxygen atoms in total. The Hall–Kier alpha value is -3.41. The Balaban J connectivity index is 1.51. The van der Waals surface area contributed by atoms with Crippen LogP contribution in [0.4, 0.5) is 22.0 Å². The van der Waals surface area contributed by atoms with Crippen LogP contribution < -0.4 is 15.5 Å². The lowest BCUT2D eigenvalue weighted by atomic mass is 10.2. The number of carbonyl (C=O) groups is 1. The maximum absolute atomic E-state index is 12.0. The Morgan fingerprint density at radius 1 is 0.962 bits per heavy atom. The molecule has 0 spiro atoms. The number of anilines is 3. The fourth-order valence-electron chi connectivity index (χ4n) is 2.46. The van der Waals surface area contributed by atoms with Crippen molar-refractivity contribution in [3.8, 4) is 0 Å².